The SMILES string of the molecule is CCn1c(SCC(=O)Nc2cc(OC)c(Cl)cc2OC)nnc1C(C)Oc1ccccc1C. The summed E-state index contributed by atoms with van der Waals surface area (Å²) in [6.45, 7) is 6.58. The van der Waals surface area contributed by atoms with Crippen LogP contribution in [-0.2, 0) is 11.3 Å². The van der Waals surface area contributed by atoms with E-state index in [2.05, 4.69) is 15.5 Å². The number of methoxy groups -OCH3 is 2. The number of carbonyl (C=O) groups is 1. The third-order valence-corrected chi connectivity index (χ3v) is 6.17. The summed E-state index contributed by atoms with van der Waals surface area (Å²) in [6, 6.07) is 11.1. The van der Waals surface area contributed by atoms with Gasteiger partial charge in [0, 0.05) is 18.7 Å². The minimum absolute atomic E-state index is 0.138. The highest BCUT2D eigenvalue weighted by atomic mass is 35.5. The van der Waals surface area contributed by atoms with Crippen molar-refractivity contribution in [2.45, 2.75) is 38.6 Å². The van der Waals surface area contributed by atoms with Crippen molar-refractivity contribution >= 4 is 35.0 Å². The molecule has 3 aromatic rings. The van der Waals surface area contributed by atoms with Crippen molar-refractivity contribution < 1.29 is 19.0 Å². The second-order valence-corrected chi connectivity index (χ2v) is 8.48. The molecule has 1 atom stereocenters. The molecule has 10 heteroatoms. The second-order valence-electron chi connectivity index (χ2n) is 7.13. The molecule has 8 nitrogen and oxygen atoms in total. The van der Waals surface area contributed by atoms with Crippen LogP contribution >= 0.6 is 23.4 Å². The number of halogens is 1. The molecule has 0 aliphatic carbocycles. The first-order valence-electron chi connectivity index (χ1n) is 10.4. The van der Waals surface area contributed by atoms with E-state index < -0.39 is 0 Å². The van der Waals surface area contributed by atoms with Gasteiger partial charge in [0.15, 0.2) is 17.1 Å². The molecule has 3 rings (SSSR count). The average molecular weight is 491 g/mol. The topological polar surface area (TPSA) is 87.5 Å². The third-order valence-electron chi connectivity index (χ3n) is 4.90. The maximum absolute atomic E-state index is 12.6. The summed E-state index contributed by atoms with van der Waals surface area (Å²) in [5.74, 6) is 2.31. The molecular weight excluding hydrogens is 464 g/mol. The van der Waals surface area contributed by atoms with E-state index in [1.165, 1.54) is 26.0 Å². The monoisotopic (exact) mass is 490 g/mol. The number of nitrogens with one attached hydrogen (secondary N) is 1. The quantitative estimate of drug-likeness (QED) is 0.393. The van der Waals surface area contributed by atoms with E-state index in [1.807, 2.05) is 49.6 Å². The van der Waals surface area contributed by atoms with Gasteiger partial charge in [-0.05, 0) is 32.4 Å². The molecule has 1 aromatic heterocycles. The van der Waals surface area contributed by atoms with Gasteiger partial charge in [0.05, 0.1) is 30.7 Å². The van der Waals surface area contributed by atoms with Crippen molar-refractivity contribution in [2.75, 3.05) is 25.3 Å². The Bertz CT molecular complexity index is 1120. The maximum atomic E-state index is 12.6. The summed E-state index contributed by atoms with van der Waals surface area (Å²) >= 11 is 7.43. The minimum atomic E-state index is -0.299. The van der Waals surface area contributed by atoms with E-state index in [-0.39, 0.29) is 17.8 Å². The number of carbonyl (C=O) groups excluding carboxylic acids is 1. The molecule has 0 saturated carbocycles. The van der Waals surface area contributed by atoms with Crippen LogP contribution in [0.15, 0.2) is 41.6 Å². The van der Waals surface area contributed by atoms with Gasteiger partial charge in [-0.15, -0.1) is 10.2 Å². The number of hydrogen-bond donors (Lipinski definition) is 1. The Morgan fingerprint density at radius 3 is 2.55 bits per heavy atom. The normalized spacial score (nSPS) is 11.7. The predicted molar refractivity (Wildman–Crippen MR) is 130 cm³/mol. The third kappa shape index (κ3) is 5.91. The van der Waals surface area contributed by atoms with Gasteiger partial charge < -0.3 is 24.1 Å². The van der Waals surface area contributed by atoms with Crippen molar-refractivity contribution in [1.82, 2.24) is 14.8 Å². The summed E-state index contributed by atoms with van der Waals surface area (Å²) < 4.78 is 18.6. The number of hydrogen-bond acceptors (Lipinski definition) is 7. The number of thioether (sulfide) groups is 1. The first-order chi connectivity index (χ1) is 15.9. The second kappa shape index (κ2) is 11.3. The molecule has 2 aromatic carbocycles. The Labute approximate surface area is 202 Å². The molecule has 1 heterocycles. The molecule has 0 radical (unpaired) electrons. The van der Waals surface area contributed by atoms with E-state index >= 15 is 0 Å². The van der Waals surface area contributed by atoms with Crippen LogP contribution in [-0.4, -0.2) is 40.6 Å². The molecular formula is C23H27ClN4O4S. The van der Waals surface area contributed by atoms with E-state index in [4.69, 9.17) is 25.8 Å². The van der Waals surface area contributed by atoms with Gasteiger partial charge in [0.25, 0.3) is 0 Å². The number of anilines is 1. The summed E-state index contributed by atoms with van der Waals surface area (Å²) in [4.78, 5) is 12.6. The molecule has 0 bridgehead atoms. The van der Waals surface area contributed by atoms with Crippen LogP contribution in [0.1, 0.15) is 31.3 Å². The van der Waals surface area contributed by atoms with Crippen LogP contribution < -0.4 is 19.5 Å². The van der Waals surface area contributed by atoms with Crippen LogP contribution in [0, 0.1) is 6.92 Å². The number of benzene rings is 2. The van der Waals surface area contributed by atoms with Crippen molar-refractivity contribution in [1.29, 1.82) is 0 Å². The maximum Gasteiger partial charge on any atom is 0.234 e. The van der Waals surface area contributed by atoms with Gasteiger partial charge in [0.1, 0.15) is 17.2 Å². The Morgan fingerprint density at radius 2 is 1.88 bits per heavy atom. The number of aromatic nitrogens is 3. The Morgan fingerprint density at radius 1 is 1.15 bits per heavy atom. The smallest absolute Gasteiger partial charge is 0.234 e. The summed E-state index contributed by atoms with van der Waals surface area (Å²) in [5, 5.41) is 12.5. The zero-order valence-electron chi connectivity index (χ0n) is 19.2. The fraction of sp³-hybridized carbons (Fsp3) is 0.348. The zero-order valence-corrected chi connectivity index (χ0v) is 20.8. The van der Waals surface area contributed by atoms with Gasteiger partial charge in [-0.3, -0.25) is 4.79 Å². The predicted octanol–water partition coefficient (Wildman–Crippen LogP) is 5.15. The van der Waals surface area contributed by atoms with Crippen molar-refractivity contribution in [2.24, 2.45) is 0 Å². The number of amides is 1. The molecule has 1 unspecified atom stereocenters. The average Bonchev–Trinajstić information content (AvgIpc) is 3.23. The van der Waals surface area contributed by atoms with Crippen LogP contribution in [0.25, 0.3) is 0 Å². The van der Waals surface area contributed by atoms with Crippen LogP contribution in [0.5, 0.6) is 17.2 Å². The summed E-state index contributed by atoms with van der Waals surface area (Å²) in [7, 11) is 3.02. The Hall–Kier alpha value is -2.91. The fourth-order valence-electron chi connectivity index (χ4n) is 3.21. The van der Waals surface area contributed by atoms with Crippen molar-refractivity contribution in [3.05, 3.63) is 52.8 Å². The lowest BCUT2D eigenvalue weighted by atomic mass is 10.2. The van der Waals surface area contributed by atoms with Crippen LogP contribution in [0.4, 0.5) is 5.69 Å². The van der Waals surface area contributed by atoms with E-state index in [1.54, 1.807) is 12.1 Å². The molecule has 1 amide bonds. The molecule has 33 heavy (non-hydrogen) atoms. The number of rotatable bonds is 10. The molecule has 1 N–H and O–H groups in total. The fourth-order valence-corrected chi connectivity index (χ4v) is 4.25. The Balaban J connectivity index is 1.68. The molecule has 176 valence electrons. The van der Waals surface area contributed by atoms with E-state index in [0.29, 0.717) is 39.7 Å². The summed E-state index contributed by atoms with van der Waals surface area (Å²) in [6.07, 6.45) is -0.299. The molecule has 0 saturated heterocycles. The minimum Gasteiger partial charge on any atom is -0.495 e. The van der Waals surface area contributed by atoms with Crippen molar-refractivity contribution in [3.8, 4) is 17.2 Å². The highest BCUT2D eigenvalue weighted by Crippen LogP contribution is 2.36. The number of aryl methyl sites for hydroxylation is 1. The van der Waals surface area contributed by atoms with Gasteiger partial charge in [-0.25, -0.2) is 0 Å². The first kappa shape index (κ1) is 24.7. The van der Waals surface area contributed by atoms with Gasteiger partial charge in [-0.2, -0.15) is 0 Å². The molecule has 0 spiro atoms. The van der Waals surface area contributed by atoms with Gasteiger partial charge >= 0.3 is 0 Å². The molecule has 0 fully saturated rings. The largest absolute Gasteiger partial charge is 0.495 e. The Kier molecular flexibility index (Phi) is 8.46. The standard InChI is InChI=1S/C23H27ClN4O4S/c1-6-28-22(15(3)32-18-10-8-7-9-14(18)2)26-27-23(28)33-13-21(29)25-17-12-19(30-4)16(24)11-20(17)31-5/h7-12,15H,6,13H2,1-5H3,(H,25,29). The summed E-state index contributed by atoms with van der Waals surface area (Å²) in [5.41, 5.74) is 1.52. The van der Waals surface area contributed by atoms with Gasteiger partial charge in [0.2, 0.25) is 5.91 Å². The van der Waals surface area contributed by atoms with Crippen LogP contribution in [0.3, 0.4) is 0 Å². The number of nitrogens with zero attached hydrogens (tertiary/aromatic N) is 3. The first-order valence-corrected chi connectivity index (χ1v) is 11.7. The highest BCUT2D eigenvalue weighted by molar-refractivity contribution is 7.99. The van der Waals surface area contributed by atoms with E-state index in [0.717, 1.165) is 11.3 Å². The van der Waals surface area contributed by atoms with Crippen molar-refractivity contribution in [3.63, 3.8) is 0 Å². The lowest BCUT2D eigenvalue weighted by Crippen LogP contribution is -2.16. The van der Waals surface area contributed by atoms with Crippen LogP contribution in [0.2, 0.25) is 5.02 Å². The van der Waals surface area contributed by atoms with E-state index in [9.17, 15) is 4.79 Å². The lowest BCUT2D eigenvalue weighted by molar-refractivity contribution is -0.113. The zero-order chi connectivity index (χ0) is 24.0. The molecule has 0 aliphatic heterocycles. The number of ether oxygens (including phenoxy) is 3. The van der Waals surface area contributed by atoms with Gasteiger partial charge in [-0.1, -0.05) is 41.6 Å². The molecule has 0 aliphatic rings. The number of para-hydroxylation sites is 1. The lowest BCUT2D eigenvalue weighted by Gasteiger charge is -2.17. The highest BCUT2D eigenvalue weighted by Gasteiger charge is 2.20.